The fraction of sp³-hybridized carbons (Fsp3) is 0.409. The summed E-state index contributed by atoms with van der Waals surface area (Å²) in [4.78, 5) is 26.3. The molecule has 1 amide bonds. The van der Waals surface area contributed by atoms with Gasteiger partial charge in [0.25, 0.3) is 5.91 Å². The predicted molar refractivity (Wildman–Crippen MR) is 115 cm³/mol. The smallest absolute Gasteiger partial charge is 0.261 e. The number of amides is 1. The quantitative estimate of drug-likeness (QED) is 0.706. The van der Waals surface area contributed by atoms with Crippen molar-refractivity contribution in [2.24, 2.45) is 0 Å². The zero-order chi connectivity index (χ0) is 19.7. The Morgan fingerprint density at radius 3 is 2.68 bits per heavy atom. The van der Waals surface area contributed by atoms with Gasteiger partial charge in [-0.15, -0.1) is 11.3 Å². The van der Waals surface area contributed by atoms with Crippen molar-refractivity contribution < 1.29 is 4.79 Å². The van der Waals surface area contributed by atoms with Crippen LogP contribution in [-0.2, 0) is 6.54 Å². The second-order valence-corrected chi connectivity index (χ2v) is 8.55. The number of piperidine rings is 1. The molecule has 0 atom stereocenters. The van der Waals surface area contributed by atoms with E-state index in [1.165, 1.54) is 36.2 Å². The summed E-state index contributed by atoms with van der Waals surface area (Å²) in [6.45, 7) is 8.58. The standard InChI is InChI=1S/C22H26N4OS/c1-14-8-7-9-17(12-14)13-23-21(27)19-15(2)18-20(26-10-5-4-6-11-26)24-16(3)25-22(18)28-19/h7-9,12H,4-6,10-11,13H2,1-3H3,(H,23,27). The van der Waals surface area contributed by atoms with Crippen LogP contribution in [0.25, 0.3) is 10.2 Å². The van der Waals surface area contributed by atoms with Crippen molar-refractivity contribution >= 4 is 33.3 Å². The molecule has 0 aliphatic carbocycles. The van der Waals surface area contributed by atoms with E-state index in [2.05, 4.69) is 34.3 Å². The normalized spacial score (nSPS) is 14.5. The van der Waals surface area contributed by atoms with Crippen molar-refractivity contribution in [3.8, 4) is 0 Å². The summed E-state index contributed by atoms with van der Waals surface area (Å²) < 4.78 is 0. The van der Waals surface area contributed by atoms with Crippen LogP contribution in [0, 0.1) is 20.8 Å². The van der Waals surface area contributed by atoms with Gasteiger partial charge in [-0.3, -0.25) is 4.79 Å². The van der Waals surface area contributed by atoms with Crippen molar-refractivity contribution in [1.82, 2.24) is 15.3 Å². The zero-order valence-corrected chi connectivity index (χ0v) is 17.5. The molecule has 1 fully saturated rings. The molecule has 3 aromatic rings. The molecular formula is C22H26N4OS. The number of fused-ring (bicyclic) bond motifs is 1. The van der Waals surface area contributed by atoms with Gasteiger partial charge in [-0.25, -0.2) is 9.97 Å². The van der Waals surface area contributed by atoms with Crippen LogP contribution in [0.2, 0.25) is 0 Å². The van der Waals surface area contributed by atoms with Crippen molar-refractivity contribution in [1.29, 1.82) is 0 Å². The number of carbonyl (C=O) groups is 1. The number of hydrogen-bond acceptors (Lipinski definition) is 5. The first-order chi connectivity index (χ1) is 13.5. The monoisotopic (exact) mass is 394 g/mol. The molecule has 5 nitrogen and oxygen atoms in total. The lowest BCUT2D eigenvalue weighted by Crippen LogP contribution is -2.30. The van der Waals surface area contributed by atoms with Gasteiger partial charge >= 0.3 is 0 Å². The first-order valence-electron chi connectivity index (χ1n) is 9.89. The van der Waals surface area contributed by atoms with Gasteiger partial charge in [0.2, 0.25) is 0 Å². The lowest BCUT2D eigenvalue weighted by atomic mass is 10.1. The van der Waals surface area contributed by atoms with Crippen molar-refractivity contribution in [3.63, 3.8) is 0 Å². The summed E-state index contributed by atoms with van der Waals surface area (Å²) in [5, 5.41) is 4.11. The van der Waals surface area contributed by atoms with Crippen LogP contribution in [-0.4, -0.2) is 29.0 Å². The first kappa shape index (κ1) is 18.9. The lowest BCUT2D eigenvalue weighted by molar-refractivity contribution is 0.0954. The van der Waals surface area contributed by atoms with Gasteiger partial charge in [-0.1, -0.05) is 29.8 Å². The summed E-state index contributed by atoms with van der Waals surface area (Å²) in [6.07, 6.45) is 3.66. The zero-order valence-electron chi connectivity index (χ0n) is 16.7. The fourth-order valence-electron chi connectivity index (χ4n) is 3.86. The SMILES string of the molecule is Cc1cccc(CNC(=O)c2sc3nc(C)nc(N4CCCCC4)c3c2C)c1. The average Bonchev–Trinajstić information content (AvgIpc) is 3.02. The molecular weight excluding hydrogens is 368 g/mol. The molecule has 0 bridgehead atoms. The Kier molecular flexibility index (Phi) is 5.31. The Hall–Kier alpha value is -2.47. The number of nitrogens with one attached hydrogen (secondary N) is 1. The summed E-state index contributed by atoms with van der Waals surface area (Å²) >= 11 is 1.47. The summed E-state index contributed by atoms with van der Waals surface area (Å²) in [5.41, 5.74) is 3.29. The minimum Gasteiger partial charge on any atom is -0.356 e. The van der Waals surface area contributed by atoms with E-state index in [1.54, 1.807) is 0 Å². The number of aryl methyl sites for hydroxylation is 3. The molecule has 146 valence electrons. The van der Waals surface area contributed by atoms with Gasteiger partial charge in [0.05, 0.1) is 10.3 Å². The third kappa shape index (κ3) is 3.74. The maximum absolute atomic E-state index is 12.9. The molecule has 0 unspecified atom stereocenters. The van der Waals surface area contributed by atoms with Crippen LogP contribution in [0.1, 0.15) is 51.4 Å². The van der Waals surface area contributed by atoms with E-state index in [0.717, 1.165) is 51.0 Å². The molecule has 4 rings (SSSR count). The number of hydrogen-bond donors (Lipinski definition) is 1. The number of aromatic nitrogens is 2. The number of thiophene rings is 1. The Balaban J connectivity index is 1.64. The molecule has 0 spiro atoms. The third-order valence-electron chi connectivity index (χ3n) is 5.28. The number of rotatable bonds is 4. The second kappa shape index (κ2) is 7.87. The fourth-order valence-corrected chi connectivity index (χ4v) is 4.99. The van der Waals surface area contributed by atoms with E-state index in [0.29, 0.717) is 6.54 Å². The molecule has 0 saturated carbocycles. The Labute approximate surface area is 169 Å². The van der Waals surface area contributed by atoms with Crippen LogP contribution < -0.4 is 10.2 Å². The Bertz CT molecular complexity index is 1020. The molecule has 1 aromatic carbocycles. The molecule has 1 saturated heterocycles. The number of anilines is 1. The van der Waals surface area contributed by atoms with E-state index >= 15 is 0 Å². The van der Waals surface area contributed by atoms with Crippen molar-refractivity contribution in [2.75, 3.05) is 18.0 Å². The average molecular weight is 395 g/mol. The maximum Gasteiger partial charge on any atom is 0.261 e. The minimum atomic E-state index is -0.0377. The maximum atomic E-state index is 12.9. The molecule has 3 heterocycles. The van der Waals surface area contributed by atoms with E-state index in [1.807, 2.05) is 26.0 Å². The summed E-state index contributed by atoms with van der Waals surface area (Å²) in [6, 6.07) is 8.21. The molecule has 1 aliphatic rings. The highest BCUT2D eigenvalue weighted by Crippen LogP contribution is 2.36. The molecule has 0 radical (unpaired) electrons. The van der Waals surface area contributed by atoms with E-state index in [9.17, 15) is 4.79 Å². The van der Waals surface area contributed by atoms with Crippen molar-refractivity contribution in [2.45, 2.75) is 46.6 Å². The summed E-state index contributed by atoms with van der Waals surface area (Å²) in [7, 11) is 0. The van der Waals surface area contributed by atoms with Crippen LogP contribution in [0.4, 0.5) is 5.82 Å². The van der Waals surface area contributed by atoms with Gasteiger partial charge < -0.3 is 10.2 Å². The van der Waals surface area contributed by atoms with E-state index in [-0.39, 0.29) is 5.91 Å². The minimum absolute atomic E-state index is 0.0377. The highest BCUT2D eigenvalue weighted by Gasteiger charge is 2.23. The highest BCUT2D eigenvalue weighted by molar-refractivity contribution is 7.20. The van der Waals surface area contributed by atoms with Crippen LogP contribution in [0.15, 0.2) is 24.3 Å². The number of carbonyl (C=O) groups excluding carboxylic acids is 1. The first-order valence-corrected chi connectivity index (χ1v) is 10.7. The van der Waals surface area contributed by atoms with Gasteiger partial charge in [0.15, 0.2) is 0 Å². The number of nitrogens with zero attached hydrogens (tertiary/aromatic N) is 3. The Morgan fingerprint density at radius 2 is 1.93 bits per heavy atom. The number of benzene rings is 1. The van der Waals surface area contributed by atoms with Crippen LogP contribution >= 0.6 is 11.3 Å². The lowest BCUT2D eigenvalue weighted by Gasteiger charge is -2.28. The van der Waals surface area contributed by atoms with Crippen LogP contribution in [0.3, 0.4) is 0 Å². The largest absolute Gasteiger partial charge is 0.356 e. The topological polar surface area (TPSA) is 58.1 Å². The van der Waals surface area contributed by atoms with Gasteiger partial charge in [0.1, 0.15) is 16.5 Å². The molecule has 6 heteroatoms. The molecule has 28 heavy (non-hydrogen) atoms. The summed E-state index contributed by atoms with van der Waals surface area (Å²) in [5.74, 6) is 1.72. The second-order valence-electron chi connectivity index (χ2n) is 7.55. The van der Waals surface area contributed by atoms with Gasteiger partial charge in [-0.05, 0) is 51.2 Å². The molecule has 1 N–H and O–H groups in total. The Morgan fingerprint density at radius 1 is 1.14 bits per heavy atom. The van der Waals surface area contributed by atoms with Crippen LogP contribution in [0.5, 0.6) is 0 Å². The van der Waals surface area contributed by atoms with Crippen molar-refractivity contribution in [3.05, 3.63) is 51.7 Å². The molecule has 1 aliphatic heterocycles. The van der Waals surface area contributed by atoms with Gasteiger partial charge in [0, 0.05) is 19.6 Å². The highest BCUT2D eigenvalue weighted by atomic mass is 32.1. The van der Waals surface area contributed by atoms with Gasteiger partial charge in [-0.2, -0.15) is 0 Å². The predicted octanol–water partition coefficient (Wildman–Crippen LogP) is 4.54. The molecule has 2 aromatic heterocycles. The van der Waals surface area contributed by atoms with E-state index in [4.69, 9.17) is 4.98 Å². The van der Waals surface area contributed by atoms with E-state index < -0.39 is 0 Å². The third-order valence-corrected chi connectivity index (χ3v) is 6.46.